The van der Waals surface area contributed by atoms with E-state index in [0.717, 1.165) is 22.5 Å². The zero-order valence-electron chi connectivity index (χ0n) is 13.5. The van der Waals surface area contributed by atoms with E-state index in [1.54, 1.807) is 24.3 Å². The number of aryl methyl sites for hydroxylation is 1. The van der Waals surface area contributed by atoms with Gasteiger partial charge >= 0.3 is 0 Å². The molecule has 0 aliphatic rings. The molecule has 1 unspecified atom stereocenters. The van der Waals surface area contributed by atoms with Crippen molar-refractivity contribution in [2.24, 2.45) is 0 Å². The third kappa shape index (κ3) is 4.86. The molecule has 3 aromatic rings. The number of rotatable bonds is 6. The van der Waals surface area contributed by atoms with Gasteiger partial charge in [0.25, 0.3) is 5.22 Å². The highest BCUT2D eigenvalue weighted by Gasteiger charge is 2.19. The highest BCUT2D eigenvalue weighted by Crippen LogP contribution is 2.24. The molecule has 1 atom stereocenters. The van der Waals surface area contributed by atoms with Crippen LogP contribution in [0.25, 0.3) is 0 Å². The Balaban J connectivity index is 1.57. The topological polar surface area (TPSA) is 80.9 Å². The number of nitrogens with one attached hydrogen (secondary N) is 1. The Kier molecular flexibility index (Phi) is 5.44. The maximum absolute atomic E-state index is 13.2. The SMILES string of the molecule is Cc1nc(Cc2nnc(SC(C)C(=O)Nc3cccc(F)c3)o2)cs1. The van der Waals surface area contributed by atoms with Gasteiger partial charge in [0, 0.05) is 11.1 Å². The first-order chi connectivity index (χ1) is 12.0. The van der Waals surface area contributed by atoms with Gasteiger partial charge in [-0.3, -0.25) is 4.79 Å². The molecule has 9 heteroatoms. The summed E-state index contributed by atoms with van der Waals surface area (Å²) in [5.74, 6) is -0.229. The van der Waals surface area contributed by atoms with Crippen LogP contribution in [0.5, 0.6) is 0 Å². The minimum Gasteiger partial charge on any atom is -0.416 e. The minimum atomic E-state index is -0.474. The maximum Gasteiger partial charge on any atom is 0.277 e. The Morgan fingerprint density at radius 2 is 2.28 bits per heavy atom. The Bertz CT molecular complexity index is 880. The Morgan fingerprint density at radius 3 is 3.00 bits per heavy atom. The van der Waals surface area contributed by atoms with Gasteiger partial charge in [-0.15, -0.1) is 21.5 Å². The van der Waals surface area contributed by atoms with Crippen LogP contribution in [0.2, 0.25) is 0 Å². The Hall–Kier alpha value is -2.26. The normalized spacial score (nSPS) is 12.1. The molecule has 3 rings (SSSR count). The molecule has 0 bridgehead atoms. The van der Waals surface area contributed by atoms with Crippen molar-refractivity contribution in [1.82, 2.24) is 15.2 Å². The van der Waals surface area contributed by atoms with E-state index in [0.29, 0.717) is 23.2 Å². The number of halogens is 1. The molecule has 2 aromatic heterocycles. The van der Waals surface area contributed by atoms with E-state index in [2.05, 4.69) is 20.5 Å². The quantitative estimate of drug-likeness (QED) is 0.659. The summed E-state index contributed by atoms with van der Waals surface area (Å²) in [7, 11) is 0. The number of benzene rings is 1. The molecule has 0 aliphatic carbocycles. The number of hydrogen-bond donors (Lipinski definition) is 1. The van der Waals surface area contributed by atoms with Crippen LogP contribution in [0, 0.1) is 12.7 Å². The summed E-state index contributed by atoms with van der Waals surface area (Å²) in [6.45, 7) is 3.65. The van der Waals surface area contributed by atoms with Gasteiger partial charge in [-0.05, 0) is 32.0 Å². The van der Waals surface area contributed by atoms with Gasteiger partial charge in [0.1, 0.15) is 5.82 Å². The summed E-state index contributed by atoms with van der Waals surface area (Å²) in [5.41, 5.74) is 1.28. The second-order valence-corrected chi connectivity index (χ2v) is 7.61. The third-order valence-electron chi connectivity index (χ3n) is 3.19. The van der Waals surface area contributed by atoms with Crippen LogP contribution in [-0.2, 0) is 11.2 Å². The summed E-state index contributed by atoms with van der Waals surface area (Å²) in [4.78, 5) is 16.5. The van der Waals surface area contributed by atoms with Gasteiger partial charge in [-0.25, -0.2) is 9.37 Å². The first-order valence-electron chi connectivity index (χ1n) is 7.46. The number of amides is 1. The van der Waals surface area contributed by atoms with Gasteiger partial charge in [-0.1, -0.05) is 17.8 Å². The molecule has 1 N–H and O–H groups in total. The molecule has 1 amide bonds. The summed E-state index contributed by atoms with van der Waals surface area (Å²) in [6.07, 6.45) is 0.460. The van der Waals surface area contributed by atoms with Crippen molar-refractivity contribution < 1.29 is 13.6 Å². The molecule has 1 aromatic carbocycles. The Labute approximate surface area is 151 Å². The first kappa shape index (κ1) is 17.6. The molecule has 130 valence electrons. The fraction of sp³-hybridized carbons (Fsp3) is 0.250. The minimum absolute atomic E-state index is 0.273. The lowest BCUT2D eigenvalue weighted by atomic mass is 10.3. The van der Waals surface area contributed by atoms with E-state index in [1.165, 1.54) is 18.2 Å². The fourth-order valence-corrected chi connectivity index (χ4v) is 3.33. The van der Waals surface area contributed by atoms with Gasteiger partial charge in [0.15, 0.2) is 0 Å². The van der Waals surface area contributed by atoms with Gasteiger partial charge in [-0.2, -0.15) is 0 Å². The smallest absolute Gasteiger partial charge is 0.277 e. The molecule has 0 aliphatic heterocycles. The number of thioether (sulfide) groups is 1. The number of thiazole rings is 1. The van der Waals surface area contributed by atoms with Gasteiger partial charge in [0.05, 0.1) is 22.4 Å². The molecule has 0 fully saturated rings. The van der Waals surface area contributed by atoms with Crippen LogP contribution in [0.1, 0.15) is 23.5 Å². The third-order valence-corrected chi connectivity index (χ3v) is 4.94. The zero-order chi connectivity index (χ0) is 17.8. The second-order valence-electron chi connectivity index (χ2n) is 5.26. The molecular formula is C16H15FN4O2S2. The molecule has 25 heavy (non-hydrogen) atoms. The molecular weight excluding hydrogens is 363 g/mol. The van der Waals surface area contributed by atoms with Crippen molar-refractivity contribution in [2.75, 3.05) is 5.32 Å². The van der Waals surface area contributed by atoms with Crippen molar-refractivity contribution in [1.29, 1.82) is 0 Å². The van der Waals surface area contributed by atoms with Crippen molar-refractivity contribution in [3.63, 3.8) is 0 Å². The average molecular weight is 378 g/mol. The predicted octanol–water partition coefficient (Wildman–Crippen LogP) is 3.68. The largest absolute Gasteiger partial charge is 0.416 e. The number of anilines is 1. The van der Waals surface area contributed by atoms with Crippen molar-refractivity contribution in [3.8, 4) is 0 Å². The van der Waals surface area contributed by atoms with Crippen molar-refractivity contribution in [3.05, 3.63) is 52.1 Å². The summed E-state index contributed by atoms with van der Waals surface area (Å²) in [5, 5.41) is 13.3. The van der Waals surface area contributed by atoms with Crippen LogP contribution in [0.4, 0.5) is 10.1 Å². The maximum atomic E-state index is 13.2. The van der Waals surface area contributed by atoms with E-state index < -0.39 is 11.1 Å². The lowest BCUT2D eigenvalue weighted by Gasteiger charge is -2.09. The highest BCUT2D eigenvalue weighted by molar-refractivity contribution is 8.00. The predicted molar refractivity (Wildman–Crippen MR) is 94.3 cm³/mol. The monoisotopic (exact) mass is 378 g/mol. The van der Waals surface area contributed by atoms with E-state index in [4.69, 9.17) is 4.42 Å². The first-order valence-corrected chi connectivity index (χ1v) is 9.22. The number of hydrogen-bond acceptors (Lipinski definition) is 7. The van der Waals surface area contributed by atoms with E-state index in [1.807, 2.05) is 12.3 Å². The standard InChI is InChI=1S/C16H15FN4O2S2/c1-9(15(22)19-12-5-3-4-11(17)6-12)25-16-21-20-14(23-16)7-13-8-24-10(2)18-13/h3-6,8-9H,7H2,1-2H3,(H,19,22). The molecule has 6 nitrogen and oxygen atoms in total. The molecule has 0 saturated heterocycles. The number of nitrogens with zero attached hydrogens (tertiary/aromatic N) is 3. The zero-order valence-corrected chi connectivity index (χ0v) is 15.2. The van der Waals surface area contributed by atoms with E-state index in [-0.39, 0.29) is 5.91 Å². The van der Waals surface area contributed by atoms with Crippen molar-refractivity contribution >= 4 is 34.7 Å². The fourth-order valence-electron chi connectivity index (χ4n) is 2.02. The highest BCUT2D eigenvalue weighted by atomic mass is 32.2. The average Bonchev–Trinajstić information content (AvgIpc) is 3.16. The van der Waals surface area contributed by atoms with Gasteiger partial charge in [0.2, 0.25) is 11.8 Å². The van der Waals surface area contributed by atoms with Crippen LogP contribution in [0.15, 0.2) is 39.3 Å². The van der Waals surface area contributed by atoms with Crippen LogP contribution in [0.3, 0.4) is 0 Å². The molecule has 0 spiro atoms. The molecule has 0 saturated carbocycles. The summed E-state index contributed by atoms with van der Waals surface area (Å²) >= 11 is 2.71. The molecule has 2 heterocycles. The summed E-state index contributed by atoms with van der Waals surface area (Å²) in [6, 6.07) is 5.74. The van der Waals surface area contributed by atoms with E-state index in [9.17, 15) is 9.18 Å². The molecule has 0 radical (unpaired) electrons. The van der Waals surface area contributed by atoms with Gasteiger partial charge < -0.3 is 9.73 Å². The number of carbonyl (C=O) groups excluding carboxylic acids is 1. The van der Waals surface area contributed by atoms with E-state index >= 15 is 0 Å². The second kappa shape index (κ2) is 7.75. The van der Waals surface area contributed by atoms with Crippen molar-refractivity contribution in [2.45, 2.75) is 30.7 Å². The van der Waals surface area contributed by atoms with Crippen LogP contribution in [-0.4, -0.2) is 26.3 Å². The number of aromatic nitrogens is 3. The van der Waals surface area contributed by atoms with Crippen LogP contribution < -0.4 is 5.32 Å². The lowest BCUT2D eigenvalue weighted by Crippen LogP contribution is -2.22. The summed E-state index contributed by atoms with van der Waals surface area (Å²) < 4.78 is 18.7. The lowest BCUT2D eigenvalue weighted by molar-refractivity contribution is -0.115. The Morgan fingerprint density at radius 1 is 1.44 bits per heavy atom. The van der Waals surface area contributed by atoms with Crippen LogP contribution >= 0.6 is 23.1 Å². The number of carbonyl (C=O) groups is 1.